The molecule has 2 aromatic rings. The van der Waals surface area contributed by atoms with Gasteiger partial charge in [0.25, 0.3) is 0 Å². The summed E-state index contributed by atoms with van der Waals surface area (Å²) in [5.74, 6) is -2.77. The number of carbonyl (C=O) groups excluding carboxylic acids is 2. The zero-order valence-electron chi connectivity index (χ0n) is 20.6. The second-order valence-corrected chi connectivity index (χ2v) is 9.84. The van der Waals surface area contributed by atoms with Crippen LogP contribution in [0.15, 0.2) is 42.5 Å². The Morgan fingerprint density at radius 2 is 1.69 bits per heavy atom. The lowest BCUT2D eigenvalue weighted by molar-refractivity contribution is -0.165. The van der Waals surface area contributed by atoms with Crippen LogP contribution in [0.3, 0.4) is 0 Å². The van der Waals surface area contributed by atoms with E-state index >= 15 is 0 Å². The summed E-state index contributed by atoms with van der Waals surface area (Å²) in [4.78, 5) is 40.1. The quantitative estimate of drug-likeness (QED) is 0.435. The van der Waals surface area contributed by atoms with Gasteiger partial charge in [-0.05, 0) is 56.2 Å². The predicted molar refractivity (Wildman–Crippen MR) is 128 cm³/mol. The molecule has 0 saturated carbocycles. The smallest absolute Gasteiger partial charge is 0.333 e. The lowest BCUT2D eigenvalue weighted by Gasteiger charge is -2.33. The van der Waals surface area contributed by atoms with Crippen molar-refractivity contribution in [1.29, 1.82) is 0 Å². The molecule has 2 aliphatic heterocycles. The van der Waals surface area contributed by atoms with Crippen LogP contribution in [0, 0.1) is 5.92 Å². The SMILES string of the molecule is COc1ccc([C@H]2[C@H](C(=O)O)[C@@H](c3ccc4c(c3)OCO4)CN2C(C(N)=O)C(=O)OC(C)(C)C)cc1. The van der Waals surface area contributed by atoms with Gasteiger partial charge in [0.2, 0.25) is 12.7 Å². The number of ether oxygens (including phenoxy) is 4. The minimum Gasteiger partial charge on any atom is -0.497 e. The molecule has 4 rings (SSSR count). The van der Waals surface area contributed by atoms with Gasteiger partial charge in [-0.15, -0.1) is 0 Å². The molecule has 3 N–H and O–H groups in total. The number of amides is 1. The Morgan fingerprint density at radius 1 is 1.06 bits per heavy atom. The summed E-state index contributed by atoms with van der Waals surface area (Å²) in [5, 5.41) is 10.4. The van der Waals surface area contributed by atoms with Crippen molar-refractivity contribution in [2.75, 3.05) is 20.4 Å². The van der Waals surface area contributed by atoms with Crippen LogP contribution in [0.4, 0.5) is 0 Å². The van der Waals surface area contributed by atoms with Gasteiger partial charge in [-0.25, -0.2) is 4.79 Å². The predicted octanol–water partition coefficient (Wildman–Crippen LogP) is 2.46. The Labute approximate surface area is 208 Å². The molecule has 1 saturated heterocycles. The first-order valence-corrected chi connectivity index (χ1v) is 11.5. The number of carboxylic acids is 1. The van der Waals surface area contributed by atoms with Gasteiger partial charge in [0.1, 0.15) is 11.4 Å². The van der Waals surface area contributed by atoms with Crippen molar-refractivity contribution in [2.24, 2.45) is 11.7 Å². The molecular formula is C26H30N2O8. The Morgan fingerprint density at radius 3 is 2.28 bits per heavy atom. The largest absolute Gasteiger partial charge is 0.497 e. The highest BCUT2D eigenvalue weighted by Gasteiger charge is 2.53. The fourth-order valence-corrected chi connectivity index (χ4v) is 4.88. The number of carboxylic acid groups (broad SMARTS) is 1. The van der Waals surface area contributed by atoms with E-state index in [0.717, 1.165) is 0 Å². The third kappa shape index (κ3) is 4.94. The lowest BCUT2D eigenvalue weighted by Crippen LogP contribution is -2.52. The van der Waals surface area contributed by atoms with Crippen LogP contribution in [0.25, 0.3) is 0 Å². The topological polar surface area (TPSA) is 138 Å². The molecule has 1 unspecified atom stereocenters. The van der Waals surface area contributed by atoms with Gasteiger partial charge in [0.15, 0.2) is 17.5 Å². The maximum absolute atomic E-state index is 13.2. The first-order valence-electron chi connectivity index (χ1n) is 11.5. The number of likely N-dealkylation sites (tertiary alicyclic amines) is 1. The number of nitrogens with two attached hydrogens (primary N) is 1. The molecule has 10 nitrogen and oxygen atoms in total. The molecule has 1 fully saturated rings. The number of benzene rings is 2. The molecule has 0 aromatic heterocycles. The number of esters is 1. The molecule has 2 heterocycles. The van der Waals surface area contributed by atoms with Gasteiger partial charge < -0.3 is 29.8 Å². The molecular weight excluding hydrogens is 468 g/mol. The summed E-state index contributed by atoms with van der Waals surface area (Å²) in [6, 6.07) is 9.75. The van der Waals surface area contributed by atoms with E-state index in [4.69, 9.17) is 24.7 Å². The average molecular weight is 499 g/mol. The molecule has 192 valence electrons. The van der Waals surface area contributed by atoms with E-state index in [9.17, 15) is 19.5 Å². The highest BCUT2D eigenvalue weighted by atomic mass is 16.7. The Hall–Kier alpha value is -3.79. The molecule has 10 heteroatoms. The first kappa shape index (κ1) is 25.3. The zero-order valence-corrected chi connectivity index (χ0v) is 20.6. The van der Waals surface area contributed by atoms with Crippen LogP contribution in [0.2, 0.25) is 0 Å². The minimum absolute atomic E-state index is 0.0696. The highest BCUT2D eigenvalue weighted by Crippen LogP contribution is 2.48. The van der Waals surface area contributed by atoms with Crippen molar-refractivity contribution in [3.8, 4) is 17.2 Å². The van der Waals surface area contributed by atoms with Gasteiger partial charge in [-0.2, -0.15) is 0 Å². The van der Waals surface area contributed by atoms with Crippen LogP contribution < -0.4 is 19.9 Å². The Balaban J connectivity index is 1.82. The van der Waals surface area contributed by atoms with E-state index < -0.39 is 47.4 Å². The maximum Gasteiger partial charge on any atom is 0.333 e. The molecule has 0 bridgehead atoms. The van der Waals surface area contributed by atoms with Gasteiger partial charge >= 0.3 is 11.9 Å². The average Bonchev–Trinajstić information content (AvgIpc) is 3.42. The molecule has 4 atom stereocenters. The Kier molecular flexibility index (Phi) is 6.81. The number of hydrogen-bond donors (Lipinski definition) is 2. The highest BCUT2D eigenvalue weighted by molar-refractivity contribution is 6.01. The van der Waals surface area contributed by atoms with Crippen LogP contribution in [-0.4, -0.2) is 59.9 Å². The second-order valence-electron chi connectivity index (χ2n) is 9.84. The monoisotopic (exact) mass is 498 g/mol. The van der Waals surface area contributed by atoms with Crippen molar-refractivity contribution < 1.29 is 38.4 Å². The number of fused-ring (bicyclic) bond motifs is 1. The number of primary amides is 1. The second kappa shape index (κ2) is 9.69. The molecule has 2 aromatic carbocycles. The number of methoxy groups -OCH3 is 1. The molecule has 36 heavy (non-hydrogen) atoms. The van der Waals surface area contributed by atoms with Gasteiger partial charge in [-0.1, -0.05) is 18.2 Å². The summed E-state index contributed by atoms with van der Waals surface area (Å²) in [6.45, 7) is 5.20. The fourth-order valence-electron chi connectivity index (χ4n) is 4.88. The Bertz CT molecular complexity index is 1160. The number of nitrogens with zero attached hydrogens (tertiary/aromatic N) is 1. The summed E-state index contributed by atoms with van der Waals surface area (Å²) in [7, 11) is 1.53. The van der Waals surface area contributed by atoms with E-state index in [2.05, 4.69) is 0 Å². The van der Waals surface area contributed by atoms with E-state index in [1.54, 1.807) is 63.2 Å². The van der Waals surface area contributed by atoms with Crippen LogP contribution in [0.1, 0.15) is 43.9 Å². The fraction of sp³-hybridized carbons (Fsp3) is 0.423. The van der Waals surface area contributed by atoms with E-state index in [0.29, 0.717) is 28.4 Å². The van der Waals surface area contributed by atoms with Crippen LogP contribution in [0.5, 0.6) is 17.2 Å². The molecule has 0 aliphatic carbocycles. The first-order chi connectivity index (χ1) is 17.0. The summed E-state index contributed by atoms with van der Waals surface area (Å²) >= 11 is 0. The van der Waals surface area contributed by atoms with Crippen molar-refractivity contribution in [3.05, 3.63) is 53.6 Å². The van der Waals surface area contributed by atoms with Gasteiger partial charge in [-0.3, -0.25) is 14.5 Å². The lowest BCUT2D eigenvalue weighted by atomic mass is 9.82. The van der Waals surface area contributed by atoms with Gasteiger partial charge in [0, 0.05) is 12.5 Å². The van der Waals surface area contributed by atoms with E-state index in [1.165, 1.54) is 12.0 Å². The standard InChI is InChI=1S/C26H30N2O8/c1-26(2,3)36-25(32)22(23(27)29)28-12-17(15-7-10-18-19(11-15)35-13-34-18)20(24(30)31)21(28)14-5-8-16(33-4)9-6-14/h5-11,17,20-22H,12-13H2,1-4H3,(H2,27,29)(H,30,31)/t17-,20-,21+,22?/m1/s1. The maximum atomic E-state index is 13.2. The number of carbonyl (C=O) groups is 3. The van der Waals surface area contributed by atoms with E-state index in [1.807, 2.05) is 0 Å². The van der Waals surface area contributed by atoms with Crippen molar-refractivity contribution in [3.63, 3.8) is 0 Å². The summed E-state index contributed by atoms with van der Waals surface area (Å²) in [5.41, 5.74) is 6.12. The van der Waals surface area contributed by atoms with Crippen LogP contribution in [-0.2, 0) is 19.1 Å². The number of aliphatic carboxylic acids is 1. The molecule has 0 spiro atoms. The number of rotatable bonds is 7. The summed E-state index contributed by atoms with van der Waals surface area (Å²) < 4.78 is 21.6. The molecule has 2 aliphatic rings. The third-order valence-electron chi connectivity index (χ3n) is 6.34. The third-order valence-corrected chi connectivity index (χ3v) is 6.34. The normalized spacial score (nSPS) is 22.2. The minimum atomic E-state index is -1.49. The molecule has 1 amide bonds. The van der Waals surface area contributed by atoms with E-state index in [-0.39, 0.29) is 13.3 Å². The van der Waals surface area contributed by atoms with Crippen molar-refractivity contribution in [2.45, 2.75) is 44.4 Å². The zero-order chi connectivity index (χ0) is 26.2. The number of hydrogen-bond acceptors (Lipinski definition) is 8. The van der Waals surface area contributed by atoms with Crippen LogP contribution >= 0.6 is 0 Å². The molecule has 0 radical (unpaired) electrons. The van der Waals surface area contributed by atoms with Crippen molar-refractivity contribution in [1.82, 2.24) is 4.90 Å². The summed E-state index contributed by atoms with van der Waals surface area (Å²) in [6.07, 6.45) is 0. The van der Waals surface area contributed by atoms with Gasteiger partial charge in [0.05, 0.1) is 19.1 Å². The van der Waals surface area contributed by atoms with Crippen molar-refractivity contribution >= 4 is 17.8 Å².